The van der Waals surface area contributed by atoms with Gasteiger partial charge in [-0.25, -0.2) is 8.78 Å². The highest BCUT2D eigenvalue weighted by atomic mass is 19.3. The second-order valence-corrected chi connectivity index (χ2v) is 4.81. The summed E-state index contributed by atoms with van der Waals surface area (Å²) in [5.74, 6) is 0. The molecule has 0 aliphatic rings. The normalized spacial score (nSPS) is 11.0. The van der Waals surface area contributed by atoms with Crippen LogP contribution in [0.4, 0.5) is 14.5 Å². The maximum Gasteiger partial charge on any atom is 0.263 e. The van der Waals surface area contributed by atoms with Crippen LogP contribution in [0.15, 0.2) is 60.8 Å². The zero-order valence-corrected chi connectivity index (χ0v) is 11.3. The summed E-state index contributed by atoms with van der Waals surface area (Å²) in [7, 11) is 0. The number of rotatable bonds is 4. The molecule has 0 amide bonds. The van der Waals surface area contributed by atoms with Gasteiger partial charge >= 0.3 is 0 Å². The molecule has 4 heteroatoms. The molecule has 0 radical (unpaired) electrons. The number of nitrogens with one attached hydrogen (secondary N) is 1. The van der Waals surface area contributed by atoms with Crippen LogP contribution in [-0.4, -0.2) is 4.98 Å². The lowest BCUT2D eigenvalue weighted by Gasteiger charge is -2.08. The van der Waals surface area contributed by atoms with Crippen LogP contribution in [0.25, 0.3) is 10.9 Å². The van der Waals surface area contributed by atoms with Crippen LogP contribution < -0.4 is 5.32 Å². The Hall–Kier alpha value is -2.49. The summed E-state index contributed by atoms with van der Waals surface area (Å²) in [5.41, 5.74) is 2.86. The fourth-order valence-electron chi connectivity index (χ4n) is 2.15. The third-order valence-electron chi connectivity index (χ3n) is 3.32. The van der Waals surface area contributed by atoms with E-state index < -0.39 is 6.43 Å². The Labute approximate surface area is 121 Å². The standard InChI is InChI=1S/C17H14F2N2/c18-17(19)13-7-5-12(6-8-13)10-20-15-9-14-3-1-2-4-16(14)21-11-15/h1-9,11,17,20H,10H2. The number of halogens is 2. The summed E-state index contributed by atoms with van der Waals surface area (Å²) in [4.78, 5) is 4.37. The number of hydrogen-bond donors (Lipinski definition) is 1. The van der Waals surface area contributed by atoms with Gasteiger partial charge in [0.15, 0.2) is 0 Å². The first-order valence-corrected chi connectivity index (χ1v) is 6.68. The molecule has 2 nitrogen and oxygen atoms in total. The van der Waals surface area contributed by atoms with Gasteiger partial charge < -0.3 is 5.32 Å². The van der Waals surface area contributed by atoms with Crippen LogP contribution in [0.3, 0.4) is 0 Å². The van der Waals surface area contributed by atoms with Crippen molar-refractivity contribution < 1.29 is 8.78 Å². The van der Waals surface area contributed by atoms with Gasteiger partial charge in [0.2, 0.25) is 0 Å². The number of nitrogens with zero attached hydrogens (tertiary/aromatic N) is 1. The van der Waals surface area contributed by atoms with Crippen molar-refractivity contribution >= 4 is 16.6 Å². The van der Waals surface area contributed by atoms with Gasteiger partial charge in [-0.2, -0.15) is 0 Å². The van der Waals surface area contributed by atoms with E-state index in [0.717, 1.165) is 22.2 Å². The lowest BCUT2D eigenvalue weighted by atomic mass is 10.1. The first kappa shape index (κ1) is 13.5. The van der Waals surface area contributed by atoms with E-state index in [-0.39, 0.29) is 5.56 Å². The molecule has 0 fully saturated rings. The van der Waals surface area contributed by atoms with Crippen molar-refractivity contribution in [3.8, 4) is 0 Å². The molecule has 0 atom stereocenters. The van der Waals surface area contributed by atoms with Crippen LogP contribution >= 0.6 is 0 Å². The predicted molar refractivity (Wildman–Crippen MR) is 80.5 cm³/mol. The Bertz CT molecular complexity index is 739. The smallest absolute Gasteiger partial charge is 0.263 e. The van der Waals surface area contributed by atoms with E-state index in [2.05, 4.69) is 10.3 Å². The molecular formula is C17H14F2N2. The fourth-order valence-corrected chi connectivity index (χ4v) is 2.15. The van der Waals surface area contributed by atoms with E-state index in [1.807, 2.05) is 30.3 Å². The Balaban J connectivity index is 1.71. The molecule has 3 aromatic rings. The molecule has 2 aromatic carbocycles. The number of hydrogen-bond acceptors (Lipinski definition) is 2. The molecule has 0 aliphatic heterocycles. The molecule has 1 N–H and O–H groups in total. The summed E-state index contributed by atoms with van der Waals surface area (Å²) in [6.45, 7) is 0.573. The lowest BCUT2D eigenvalue weighted by Crippen LogP contribution is -2.00. The predicted octanol–water partition coefficient (Wildman–Crippen LogP) is 4.78. The number of benzene rings is 2. The van der Waals surface area contributed by atoms with E-state index in [9.17, 15) is 8.78 Å². The average molecular weight is 284 g/mol. The van der Waals surface area contributed by atoms with Crippen LogP contribution in [0.5, 0.6) is 0 Å². The minimum atomic E-state index is -2.42. The number of aromatic nitrogens is 1. The van der Waals surface area contributed by atoms with E-state index in [1.165, 1.54) is 12.1 Å². The van der Waals surface area contributed by atoms with Gasteiger partial charge in [-0.1, -0.05) is 42.5 Å². The van der Waals surface area contributed by atoms with Crippen LogP contribution in [0, 0.1) is 0 Å². The third kappa shape index (κ3) is 3.16. The summed E-state index contributed by atoms with van der Waals surface area (Å²) in [6.07, 6.45) is -0.646. The number of alkyl halides is 2. The molecular weight excluding hydrogens is 270 g/mol. The van der Waals surface area contributed by atoms with Gasteiger partial charge in [-0.3, -0.25) is 4.98 Å². The Morgan fingerprint density at radius 3 is 2.52 bits per heavy atom. The number of para-hydroxylation sites is 1. The minimum absolute atomic E-state index is 0.0473. The largest absolute Gasteiger partial charge is 0.380 e. The first-order chi connectivity index (χ1) is 10.2. The highest BCUT2D eigenvalue weighted by Crippen LogP contribution is 2.20. The highest BCUT2D eigenvalue weighted by molar-refractivity contribution is 5.81. The van der Waals surface area contributed by atoms with Crippen molar-refractivity contribution in [3.63, 3.8) is 0 Å². The van der Waals surface area contributed by atoms with Gasteiger partial charge in [-0.15, -0.1) is 0 Å². The van der Waals surface area contributed by atoms with E-state index in [1.54, 1.807) is 18.3 Å². The molecule has 0 unspecified atom stereocenters. The Morgan fingerprint density at radius 2 is 1.76 bits per heavy atom. The Morgan fingerprint density at radius 1 is 1.00 bits per heavy atom. The average Bonchev–Trinajstić information content (AvgIpc) is 2.53. The summed E-state index contributed by atoms with van der Waals surface area (Å²) < 4.78 is 24.9. The molecule has 0 aliphatic carbocycles. The number of fused-ring (bicyclic) bond motifs is 1. The third-order valence-corrected chi connectivity index (χ3v) is 3.32. The maximum atomic E-state index is 12.5. The topological polar surface area (TPSA) is 24.9 Å². The van der Waals surface area contributed by atoms with Crippen LogP contribution in [-0.2, 0) is 6.54 Å². The SMILES string of the molecule is FC(F)c1ccc(CNc2cnc3ccccc3c2)cc1. The fraction of sp³-hybridized carbons (Fsp3) is 0.118. The van der Waals surface area contributed by atoms with Crippen molar-refractivity contribution in [1.29, 1.82) is 0 Å². The second kappa shape index (κ2) is 5.87. The van der Waals surface area contributed by atoms with E-state index >= 15 is 0 Å². The quantitative estimate of drug-likeness (QED) is 0.745. The molecule has 0 saturated heterocycles. The summed E-state index contributed by atoms with van der Waals surface area (Å²) >= 11 is 0. The van der Waals surface area contributed by atoms with Crippen molar-refractivity contribution in [2.45, 2.75) is 13.0 Å². The van der Waals surface area contributed by atoms with Gasteiger partial charge in [-0.05, 0) is 17.7 Å². The Kier molecular flexibility index (Phi) is 3.77. The molecule has 1 heterocycles. The van der Waals surface area contributed by atoms with Gasteiger partial charge in [0.05, 0.1) is 17.4 Å². The van der Waals surface area contributed by atoms with Gasteiger partial charge in [0, 0.05) is 17.5 Å². The molecule has 21 heavy (non-hydrogen) atoms. The zero-order valence-electron chi connectivity index (χ0n) is 11.3. The summed E-state index contributed by atoms with van der Waals surface area (Å²) in [5, 5.41) is 4.32. The van der Waals surface area contributed by atoms with Crippen molar-refractivity contribution in [2.75, 3.05) is 5.32 Å². The van der Waals surface area contributed by atoms with Crippen LogP contribution in [0.2, 0.25) is 0 Å². The van der Waals surface area contributed by atoms with Gasteiger partial charge in [0.1, 0.15) is 0 Å². The molecule has 0 bridgehead atoms. The van der Waals surface area contributed by atoms with Gasteiger partial charge in [0.25, 0.3) is 6.43 Å². The maximum absolute atomic E-state index is 12.5. The first-order valence-electron chi connectivity index (χ1n) is 6.68. The molecule has 106 valence electrons. The summed E-state index contributed by atoms with van der Waals surface area (Å²) in [6, 6.07) is 16.2. The molecule has 0 spiro atoms. The van der Waals surface area contributed by atoms with Crippen molar-refractivity contribution in [1.82, 2.24) is 4.98 Å². The second-order valence-electron chi connectivity index (χ2n) is 4.81. The van der Waals surface area contributed by atoms with Crippen LogP contribution in [0.1, 0.15) is 17.6 Å². The monoisotopic (exact) mass is 284 g/mol. The van der Waals surface area contributed by atoms with E-state index in [4.69, 9.17) is 0 Å². The van der Waals surface area contributed by atoms with Crippen molar-refractivity contribution in [2.24, 2.45) is 0 Å². The lowest BCUT2D eigenvalue weighted by molar-refractivity contribution is 0.151. The molecule has 0 saturated carbocycles. The number of anilines is 1. The highest BCUT2D eigenvalue weighted by Gasteiger charge is 2.05. The number of pyridine rings is 1. The van der Waals surface area contributed by atoms with Crippen molar-refractivity contribution in [3.05, 3.63) is 71.9 Å². The zero-order chi connectivity index (χ0) is 14.7. The minimum Gasteiger partial charge on any atom is -0.380 e. The van der Waals surface area contributed by atoms with E-state index in [0.29, 0.717) is 6.54 Å². The molecule has 3 rings (SSSR count). The molecule has 1 aromatic heterocycles.